The van der Waals surface area contributed by atoms with Crippen LogP contribution < -0.4 is 0 Å². The lowest BCUT2D eigenvalue weighted by Crippen LogP contribution is -2.39. The van der Waals surface area contributed by atoms with Gasteiger partial charge in [0.2, 0.25) is 0 Å². The summed E-state index contributed by atoms with van der Waals surface area (Å²) in [6.07, 6.45) is 3.82. The molecule has 4 nitrogen and oxygen atoms in total. The molecule has 4 heteroatoms. The Hall–Kier alpha value is -1.32. The van der Waals surface area contributed by atoms with Gasteiger partial charge in [-0.15, -0.1) is 0 Å². The van der Waals surface area contributed by atoms with Crippen molar-refractivity contribution in [1.29, 1.82) is 0 Å². The highest BCUT2D eigenvalue weighted by molar-refractivity contribution is 5.94. The van der Waals surface area contributed by atoms with Gasteiger partial charge in [-0.25, -0.2) is 0 Å². The number of carbonyl (C=O) groups excluding carboxylic acids is 1. The number of rotatable bonds is 1. The zero-order valence-corrected chi connectivity index (χ0v) is 9.19. The molecule has 2 heterocycles. The number of amides is 1. The highest BCUT2D eigenvalue weighted by Crippen LogP contribution is 2.18. The first kappa shape index (κ1) is 10.2. The molecule has 1 unspecified atom stereocenters. The van der Waals surface area contributed by atoms with Crippen molar-refractivity contribution in [2.75, 3.05) is 13.1 Å². The Morgan fingerprint density at radius 3 is 3.07 bits per heavy atom. The van der Waals surface area contributed by atoms with Crippen LogP contribution in [0.25, 0.3) is 0 Å². The molecule has 0 saturated carbocycles. The number of likely N-dealkylation sites (tertiary alicyclic amines) is 1. The van der Waals surface area contributed by atoms with E-state index in [4.69, 9.17) is 4.52 Å². The van der Waals surface area contributed by atoms with E-state index in [1.165, 1.54) is 12.6 Å². The Kier molecular flexibility index (Phi) is 2.75. The molecule has 1 atom stereocenters. The van der Waals surface area contributed by atoms with Gasteiger partial charge in [-0.1, -0.05) is 12.1 Å². The van der Waals surface area contributed by atoms with Crippen LogP contribution in [0.3, 0.4) is 0 Å². The maximum Gasteiger partial charge on any atom is 0.259 e. The van der Waals surface area contributed by atoms with Crippen LogP contribution in [0.1, 0.15) is 35.9 Å². The lowest BCUT2D eigenvalue weighted by Gasteiger charge is -2.30. The molecular formula is C11H16N2O2. The average Bonchev–Trinajstić information content (AvgIpc) is 2.63. The van der Waals surface area contributed by atoms with E-state index in [1.807, 2.05) is 4.90 Å². The van der Waals surface area contributed by atoms with E-state index in [9.17, 15) is 4.79 Å². The van der Waals surface area contributed by atoms with Gasteiger partial charge >= 0.3 is 0 Å². The first-order valence-corrected chi connectivity index (χ1v) is 5.39. The molecular weight excluding hydrogens is 192 g/mol. The SMILES string of the molecule is Cc1oncc1C(=O)N1CCCC(C)C1. The lowest BCUT2D eigenvalue weighted by molar-refractivity contribution is 0.0681. The van der Waals surface area contributed by atoms with Gasteiger partial charge in [0, 0.05) is 13.1 Å². The number of carbonyl (C=O) groups is 1. The molecule has 1 fully saturated rings. The lowest BCUT2D eigenvalue weighted by atomic mass is 10.00. The van der Waals surface area contributed by atoms with Crippen LogP contribution in [-0.2, 0) is 0 Å². The zero-order valence-electron chi connectivity index (χ0n) is 9.19. The molecule has 1 aromatic rings. The summed E-state index contributed by atoms with van der Waals surface area (Å²) in [5, 5.41) is 3.63. The van der Waals surface area contributed by atoms with E-state index < -0.39 is 0 Å². The average molecular weight is 208 g/mol. The molecule has 1 aromatic heterocycles. The number of aryl methyl sites for hydroxylation is 1. The van der Waals surface area contributed by atoms with Crippen LogP contribution >= 0.6 is 0 Å². The van der Waals surface area contributed by atoms with Gasteiger partial charge in [-0.3, -0.25) is 4.79 Å². The summed E-state index contributed by atoms with van der Waals surface area (Å²) in [6.45, 7) is 5.66. The van der Waals surface area contributed by atoms with Gasteiger partial charge in [-0.05, 0) is 25.7 Å². The number of piperidine rings is 1. The summed E-state index contributed by atoms with van der Waals surface area (Å²) in [7, 11) is 0. The molecule has 1 amide bonds. The maximum atomic E-state index is 12.1. The van der Waals surface area contributed by atoms with Gasteiger partial charge in [0.05, 0.1) is 6.20 Å². The molecule has 0 aliphatic carbocycles. The fraction of sp³-hybridized carbons (Fsp3) is 0.636. The summed E-state index contributed by atoms with van der Waals surface area (Å²) in [6, 6.07) is 0. The minimum Gasteiger partial charge on any atom is -0.361 e. The summed E-state index contributed by atoms with van der Waals surface area (Å²) in [4.78, 5) is 13.9. The van der Waals surface area contributed by atoms with E-state index in [0.29, 0.717) is 17.2 Å². The second-order valence-electron chi connectivity index (χ2n) is 4.29. The predicted molar refractivity (Wildman–Crippen MR) is 55.5 cm³/mol. The van der Waals surface area contributed by atoms with Crippen LogP contribution in [-0.4, -0.2) is 29.1 Å². The van der Waals surface area contributed by atoms with Gasteiger partial charge in [0.25, 0.3) is 5.91 Å². The summed E-state index contributed by atoms with van der Waals surface area (Å²) in [5.74, 6) is 1.27. The molecule has 1 saturated heterocycles. The standard InChI is InChI=1S/C11H16N2O2/c1-8-4-3-5-13(7-8)11(14)10-6-12-15-9(10)2/h6,8H,3-5,7H2,1-2H3. The molecule has 82 valence electrons. The van der Waals surface area contributed by atoms with E-state index in [2.05, 4.69) is 12.1 Å². The van der Waals surface area contributed by atoms with Crippen LogP contribution in [0.2, 0.25) is 0 Å². The Balaban J connectivity index is 2.11. The molecule has 0 bridgehead atoms. The second-order valence-corrected chi connectivity index (χ2v) is 4.29. The summed E-state index contributed by atoms with van der Waals surface area (Å²) in [5.41, 5.74) is 0.601. The Morgan fingerprint density at radius 2 is 2.47 bits per heavy atom. The van der Waals surface area contributed by atoms with Crippen molar-refractivity contribution in [3.05, 3.63) is 17.5 Å². The van der Waals surface area contributed by atoms with Crippen LogP contribution in [0.5, 0.6) is 0 Å². The summed E-state index contributed by atoms with van der Waals surface area (Å²) < 4.78 is 4.91. The third-order valence-electron chi connectivity index (χ3n) is 2.93. The number of hydrogen-bond acceptors (Lipinski definition) is 3. The van der Waals surface area contributed by atoms with Crippen molar-refractivity contribution in [1.82, 2.24) is 10.1 Å². The predicted octanol–water partition coefficient (Wildman–Crippen LogP) is 1.86. The fourth-order valence-electron chi connectivity index (χ4n) is 2.05. The minimum atomic E-state index is 0.0558. The second kappa shape index (κ2) is 4.04. The highest BCUT2D eigenvalue weighted by atomic mass is 16.5. The maximum absolute atomic E-state index is 12.1. The molecule has 2 rings (SSSR count). The van der Waals surface area contributed by atoms with Gasteiger partial charge < -0.3 is 9.42 Å². The normalized spacial score (nSPS) is 21.7. The molecule has 1 aliphatic heterocycles. The zero-order chi connectivity index (χ0) is 10.8. The molecule has 1 aliphatic rings. The molecule has 0 radical (unpaired) electrons. The largest absolute Gasteiger partial charge is 0.361 e. The highest BCUT2D eigenvalue weighted by Gasteiger charge is 2.24. The minimum absolute atomic E-state index is 0.0558. The van der Waals surface area contributed by atoms with E-state index >= 15 is 0 Å². The Labute approximate surface area is 89.2 Å². The van der Waals surface area contributed by atoms with Crippen molar-refractivity contribution < 1.29 is 9.32 Å². The van der Waals surface area contributed by atoms with Gasteiger partial charge in [-0.2, -0.15) is 0 Å². The van der Waals surface area contributed by atoms with E-state index in [1.54, 1.807) is 6.92 Å². The molecule has 0 aromatic carbocycles. The summed E-state index contributed by atoms with van der Waals surface area (Å²) >= 11 is 0. The van der Waals surface area contributed by atoms with Gasteiger partial charge in [0.15, 0.2) is 0 Å². The van der Waals surface area contributed by atoms with Crippen molar-refractivity contribution in [2.24, 2.45) is 5.92 Å². The first-order chi connectivity index (χ1) is 7.18. The van der Waals surface area contributed by atoms with Crippen molar-refractivity contribution in [2.45, 2.75) is 26.7 Å². The quantitative estimate of drug-likeness (QED) is 0.707. The molecule has 0 N–H and O–H groups in total. The Bertz CT molecular complexity index is 359. The van der Waals surface area contributed by atoms with Crippen molar-refractivity contribution >= 4 is 5.91 Å². The van der Waals surface area contributed by atoms with Crippen LogP contribution in [0.15, 0.2) is 10.7 Å². The van der Waals surface area contributed by atoms with E-state index in [-0.39, 0.29) is 5.91 Å². The van der Waals surface area contributed by atoms with Crippen LogP contribution in [0, 0.1) is 12.8 Å². The molecule has 0 spiro atoms. The third kappa shape index (κ3) is 2.03. The third-order valence-corrected chi connectivity index (χ3v) is 2.93. The smallest absolute Gasteiger partial charge is 0.259 e. The van der Waals surface area contributed by atoms with Gasteiger partial charge in [0.1, 0.15) is 11.3 Å². The molecule has 15 heavy (non-hydrogen) atoms. The fourth-order valence-corrected chi connectivity index (χ4v) is 2.05. The number of nitrogens with zero attached hydrogens (tertiary/aromatic N) is 2. The van der Waals surface area contributed by atoms with Crippen LogP contribution in [0.4, 0.5) is 0 Å². The monoisotopic (exact) mass is 208 g/mol. The number of hydrogen-bond donors (Lipinski definition) is 0. The van der Waals surface area contributed by atoms with Crippen molar-refractivity contribution in [3.63, 3.8) is 0 Å². The topological polar surface area (TPSA) is 46.3 Å². The Morgan fingerprint density at radius 1 is 1.67 bits per heavy atom. The van der Waals surface area contributed by atoms with Crippen molar-refractivity contribution in [3.8, 4) is 0 Å². The number of aromatic nitrogens is 1. The van der Waals surface area contributed by atoms with E-state index in [0.717, 1.165) is 19.5 Å². The first-order valence-electron chi connectivity index (χ1n) is 5.39.